The van der Waals surface area contributed by atoms with Gasteiger partial charge in [0.15, 0.2) is 0 Å². The maximum atomic E-state index is 14.2. The van der Waals surface area contributed by atoms with Gasteiger partial charge in [0.25, 0.3) is 0 Å². The van der Waals surface area contributed by atoms with E-state index in [4.69, 9.17) is 4.74 Å². The standard InChI is InChI=1S/C24H25F2N3O3/c1-32-18-3-4-19-16(11-18)7-9-27-8-6-15(10-21(19)27)13-29-23(30)14-28(24(29)31)22-12-17(25)2-5-20(22)26/h2-5,11-12,14-15,21,30H,6-10,13H2,1H3. The molecule has 0 saturated carbocycles. The molecular formula is C24H25F2N3O3. The second kappa shape index (κ2) is 8.09. The second-order valence-electron chi connectivity index (χ2n) is 8.60. The highest BCUT2D eigenvalue weighted by molar-refractivity contribution is 5.40. The monoisotopic (exact) mass is 441 g/mol. The van der Waals surface area contributed by atoms with E-state index < -0.39 is 17.3 Å². The quantitative estimate of drug-likeness (QED) is 0.672. The van der Waals surface area contributed by atoms with Gasteiger partial charge in [0.05, 0.1) is 19.0 Å². The number of halogens is 2. The fourth-order valence-electron chi connectivity index (χ4n) is 5.10. The molecule has 0 radical (unpaired) electrons. The summed E-state index contributed by atoms with van der Waals surface area (Å²) in [6.45, 7) is 2.22. The van der Waals surface area contributed by atoms with Gasteiger partial charge in [-0.25, -0.2) is 13.6 Å². The number of nitrogens with zero attached hydrogens (tertiary/aromatic N) is 3. The number of piperidine rings is 1. The van der Waals surface area contributed by atoms with Crippen molar-refractivity contribution in [2.24, 2.45) is 5.92 Å². The van der Waals surface area contributed by atoms with Crippen LogP contribution >= 0.6 is 0 Å². The van der Waals surface area contributed by atoms with Crippen molar-refractivity contribution in [3.05, 3.63) is 75.8 Å². The van der Waals surface area contributed by atoms with Crippen molar-refractivity contribution in [2.75, 3.05) is 20.2 Å². The molecule has 2 aliphatic heterocycles. The Morgan fingerprint density at radius 2 is 2.00 bits per heavy atom. The minimum Gasteiger partial charge on any atom is -0.497 e. The van der Waals surface area contributed by atoms with Crippen LogP contribution in [0.15, 0.2) is 47.4 Å². The van der Waals surface area contributed by atoms with Crippen LogP contribution in [-0.4, -0.2) is 39.3 Å². The molecule has 2 aromatic carbocycles. The van der Waals surface area contributed by atoms with E-state index in [1.165, 1.54) is 15.7 Å². The fourth-order valence-corrected chi connectivity index (χ4v) is 5.10. The fraction of sp³-hybridized carbons (Fsp3) is 0.375. The third kappa shape index (κ3) is 3.58. The average Bonchev–Trinajstić information content (AvgIpc) is 3.08. The van der Waals surface area contributed by atoms with Gasteiger partial charge in [0, 0.05) is 25.2 Å². The summed E-state index contributed by atoms with van der Waals surface area (Å²) in [5.74, 6) is -0.614. The van der Waals surface area contributed by atoms with E-state index in [9.17, 15) is 18.7 Å². The molecule has 1 fully saturated rings. The van der Waals surface area contributed by atoms with Gasteiger partial charge in [-0.2, -0.15) is 0 Å². The van der Waals surface area contributed by atoms with Gasteiger partial charge < -0.3 is 9.84 Å². The van der Waals surface area contributed by atoms with Crippen LogP contribution in [0.4, 0.5) is 8.78 Å². The normalized spacial score (nSPS) is 20.6. The Labute approximate surface area is 184 Å². The third-order valence-corrected chi connectivity index (χ3v) is 6.77. The van der Waals surface area contributed by atoms with Gasteiger partial charge >= 0.3 is 5.69 Å². The summed E-state index contributed by atoms with van der Waals surface area (Å²) >= 11 is 0. The first kappa shape index (κ1) is 20.8. The first-order valence-corrected chi connectivity index (χ1v) is 10.8. The van der Waals surface area contributed by atoms with Crippen LogP contribution in [0.1, 0.15) is 30.0 Å². The van der Waals surface area contributed by atoms with Gasteiger partial charge in [-0.3, -0.25) is 14.0 Å². The van der Waals surface area contributed by atoms with E-state index in [1.54, 1.807) is 7.11 Å². The Balaban J connectivity index is 1.40. The number of aromatic nitrogens is 2. The van der Waals surface area contributed by atoms with Gasteiger partial charge in [-0.05, 0) is 67.1 Å². The summed E-state index contributed by atoms with van der Waals surface area (Å²) in [5, 5.41) is 10.4. The van der Waals surface area contributed by atoms with Gasteiger partial charge in [0.2, 0.25) is 5.88 Å². The van der Waals surface area contributed by atoms with Crippen LogP contribution in [0.25, 0.3) is 5.69 Å². The Kier molecular flexibility index (Phi) is 5.25. The summed E-state index contributed by atoms with van der Waals surface area (Å²) in [7, 11) is 1.67. The number of aromatic hydroxyl groups is 1. The van der Waals surface area contributed by atoms with Crippen LogP contribution in [0.3, 0.4) is 0 Å². The predicted octanol–water partition coefficient (Wildman–Crippen LogP) is 3.64. The molecule has 2 aliphatic rings. The largest absolute Gasteiger partial charge is 0.497 e. The Bertz CT molecular complexity index is 1220. The Hall–Kier alpha value is -3.13. The number of imidazole rings is 1. The van der Waals surface area contributed by atoms with E-state index >= 15 is 0 Å². The highest BCUT2D eigenvalue weighted by atomic mass is 19.1. The lowest BCUT2D eigenvalue weighted by Crippen LogP contribution is -2.42. The molecule has 0 bridgehead atoms. The summed E-state index contributed by atoms with van der Waals surface area (Å²) in [4.78, 5) is 15.4. The predicted molar refractivity (Wildman–Crippen MR) is 115 cm³/mol. The van der Waals surface area contributed by atoms with Gasteiger partial charge in [-0.1, -0.05) is 6.07 Å². The van der Waals surface area contributed by atoms with Crippen molar-refractivity contribution >= 4 is 0 Å². The molecule has 168 valence electrons. The molecule has 6 nitrogen and oxygen atoms in total. The first-order valence-electron chi connectivity index (χ1n) is 10.8. The van der Waals surface area contributed by atoms with E-state index in [0.29, 0.717) is 6.54 Å². The number of ether oxygens (including phenoxy) is 1. The van der Waals surface area contributed by atoms with Crippen LogP contribution in [0, 0.1) is 17.6 Å². The molecule has 2 unspecified atom stereocenters. The molecule has 3 aromatic rings. The topological polar surface area (TPSA) is 59.6 Å². The summed E-state index contributed by atoms with van der Waals surface area (Å²) in [6.07, 6.45) is 3.88. The van der Waals surface area contributed by atoms with Crippen molar-refractivity contribution in [1.29, 1.82) is 0 Å². The highest BCUT2D eigenvalue weighted by Gasteiger charge is 2.34. The lowest BCUT2D eigenvalue weighted by atomic mass is 9.82. The maximum Gasteiger partial charge on any atom is 0.335 e. The number of rotatable bonds is 4. The number of hydrogen-bond acceptors (Lipinski definition) is 4. The Morgan fingerprint density at radius 3 is 2.81 bits per heavy atom. The smallest absolute Gasteiger partial charge is 0.335 e. The zero-order chi connectivity index (χ0) is 22.4. The maximum absolute atomic E-state index is 14.2. The van der Waals surface area contributed by atoms with Crippen molar-refractivity contribution < 1.29 is 18.6 Å². The van der Waals surface area contributed by atoms with E-state index in [2.05, 4.69) is 17.0 Å². The van der Waals surface area contributed by atoms with Gasteiger partial charge in [-0.15, -0.1) is 0 Å². The molecule has 5 rings (SSSR count). The SMILES string of the molecule is COc1ccc2c(c1)CCN1CCC(Cn3c(O)cn(-c4cc(F)ccc4F)c3=O)CC21. The zero-order valence-corrected chi connectivity index (χ0v) is 17.8. The molecule has 0 aliphatic carbocycles. The minimum atomic E-state index is -0.729. The Morgan fingerprint density at radius 1 is 1.16 bits per heavy atom. The average molecular weight is 441 g/mol. The highest BCUT2D eigenvalue weighted by Crippen LogP contribution is 2.40. The lowest BCUT2D eigenvalue weighted by Gasteiger charge is -2.43. The van der Waals surface area contributed by atoms with Crippen LogP contribution in [-0.2, 0) is 13.0 Å². The van der Waals surface area contributed by atoms with Gasteiger partial charge in [0.1, 0.15) is 17.4 Å². The van der Waals surface area contributed by atoms with E-state index in [1.807, 2.05) is 6.07 Å². The van der Waals surface area contributed by atoms with Crippen molar-refractivity contribution in [1.82, 2.24) is 14.0 Å². The van der Waals surface area contributed by atoms with Crippen molar-refractivity contribution in [2.45, 2.75) is 31.8 Å². The van der Waals surface area contributed by atoms with E-state index in [-0.39, 0.29) is 23.5 Å². The zero-order valence-electron chi connectivity index (χ0n) is 17.8. The molecule has 1 N–H and O–H groups in total. The van der Waals surface area contributed by atoms with Crippen molar-refractivity contribution in [3.63, 3.8) is 0 Å². The second-order valence-corrected chi connectivity index (χ2v) is 8.60. The summed E-state index contributed by atoms with van der Waals surface area (Å²) < 4.78 is 35.4. The molecule has 1 aromatic heterocycles. The number of hydrogen-bond donors (Lipinski definition) is 1. The minimum absolute atomic E-state index is 0.168. The van der Waals surface area contributed by atoms with Crippen LogP contribution < -0.4 is 10.4 Å². The molecule has 1 saturated heterocycles. The summed E-state index contributed by atoms with van der Waals surface area (Å²) in [6, 6.07) is 9.37. The summed E-state index contributed by atoms with van der Waals surface area (Å²) in [5.41, 5.74) is 1.79. The molecule has 0 spiro atoms. The molecule has 3 heterocycles. The molecule has 8 heteroatoms. The molecule has 2 atom stereocenters. The van der Waals surface area contributed by atoms with Crippen molar-refractivity contribution in [3.8, 4) is 17.3 Å². The number of methoxy groups -OCH3 is 1. The van der Waals surface area contributed by atoms with E-state index in [0.717, 1.165) is 67.1 Å². The van der Waals surface area contributed by atoms with Crippen LogP contribution in [0.2, 0.25) is 0 Å². The molecule has 0 amide bonds. The third-order valence-electron chi connectivity index (χ3n) is 6.77. The molecule has 32 heavy (non-hydrogen) atoms. The molecular weight excluding hydrogens is 416 g/mol. The van der Waals surface area contributed by atoms with Crippen LogP contribution in [0.5, 0.6) is 11.6 Å². The number of fused-ring (bicyclic) bond motifs is 3. The first-order chi connectivity index (χ1) is 15.4. The lowest BCUT2D eigenvalue weighted by molar-refractivity contribution is 0.0946. The number of benzene rings is 2.